The maximum atomic E-state index is 12.6. The Morgan fingerprint density at radius 2 is 1.73 bits per heavy atom. The van der Waals surface area contributed by atoms with Crippen LogP contribution in [0.1, 0.15) is 16.7 Å². The Kier molecular flexibility index (Phi) is 6.86. The number of carbonyl (C=O) groups is 1. The molecule has 1 amide bonds. The Morgan fingerprint density at radius 3 is 2.40 bits per heavy atom. The molecule has 3 aromatic carbocycles. The van der Waals surface area contributed by atoms with Gasteiger partial charge in [0.15, 0.2) is 0 Å². The molecule has 0 saturated carbocycles. The van der Waals surface area contributed by atoms with Crippen LogP contribution >= 0.6 is 0 Å². The van der Waals surface area contributed by atoms with Gasteiger partial charge in [0, 0.05) is 11.3 Å². The lowest BCUT2D eigenvalue weighted by molar-refractivity contribution is -0.112. The smallest absolute Gasteiger partial charge is 0.266 e. The molecule has 0 bridgehead atoms. The largest absolute Gasteiger partial charge is 0.497 e. The molecule has 0 atom stereocenters. The molecule has 3 aromatic rings. The van der Waals surface area contributed by atoms with Gasteiger partial charge < -0.3 is 14.8 Å². The summed E-state index contributed by atoms with van der Waals surface area (Å²) < 4.78 is 11.0. The summed E-state index contributed by atoms with van der Waals surface area (Å²) in [5.41, 5.74) is 3.44. The zero-order valence-corrected chi connectivity index (χ0v) is 16.9. The maximum Gasteiger partial charge on any atom is 0.266 e. The van der Waals surface area contributed by atoms with Gasteiger partial charge in [-0.2, -0.15) is 5.26 Å². The second-order valence-corrected chi connectivity index (χ2v) is 6.66. The molecule has 3 rings (SSSR count). The lowest BCUT2D eigenvalue weighted by atomic mass is 10.1. The third-order valence-corrected chi connectivity index (χ3v) is 4.45. The lowest BCUT2D eigenvalue weighted by Gasteiger charge is -2.10. The summed E-state index contributed by atoms with van der Waals surface area (Å²) in [6, 6.07) is 24.3. The molecule has 0 aromatic heterocycles. The van der Waals surface area contributed by atoms with Crippen LogP contribution in [0.2, 0.25) is 0 Å². The van der Waals surface area contributed by atoms with E-state index in [0.29, 0.717) is 29.4 Å². The van der Waals surface area contributed by atoms with Crippen LogP contribution in [0.25, 0.3) is 6.08 Å². The van der Waals surface area contributed by atoms with Crippen LogP contribution in [-0.2, 0) is 11.4 Å². The van der Waals surface area contributed by atoms with Gasteiger partial charge in [0.1, 0.15) is 29.7 Å². The molecule has 0 aliphatic heterocycles. The van der Waals surface area contributed by atoms with E-state index < -0.39 is 5.91 Å². The Hall–Kier alpha value is -4.04. The monoisotopic (exact) mass is 398 g/mol. The molecule has 0 aliphatic carbocycles. The minimum absolute atomic E-state index is 0.0165. The Balaban J connectivity index is 1.75. The molecule has 5 heteroatoms. The normalized spacial score (nSPS) is 10.8. The Labute approximate surface area is 176 Å². The first kappa shape index (κ1) is 20.7. The molecule has 0 radical (unpaired) electrons. The lowest BCUT2D eigenvalue weighted by Crippen LogP contribution is -2.13. The van der Waals surface area contributed by atoms with Crippen molar-refractivity contribution >= 4 is 17.7 Å². The highest BCUT2D eigenvalue weighted by atomic mass is 16.5. The summed E-state index contributed by atoms with van der Waals surface area (Å²) in [6.07, 6.45) is 1.53. The fourth-order valence-electron chi connectivity index (χ4n) is 2.75. The second kappa shape index (κ2) is 9.94. The number of nitriles is 1. The highest BCUT2D eigenvalue weighted by Gasteiger charge is 2.11. The zero-order chi connectivity index (χ0) is 21.3. The molecule has 0 aliphatic rings. The first-order chi connectivity index (χ1) is 14.6. The molecular formula is C25H22N2O3. The van der Waals surface area contributed by atoms with Gasteiger partial charge in [-0.15, -0.1) is 0 Å². The third-order valence-electron chi connectivity index (χ3n) is 4.45. The minimum Gasteiger partial charge on any atom is -0.497 e. The number of methoxy groups -OCH3 is 1. The molecule has 0 spiro atoms. The molecular weight excluding hydrogens is 376 g/mol. The van der Waals surface area contributed by atoms with E-state index in [1.165, 1.54) is 11.6 Å². The standard InChI is InChI=1S/C25H22N2O3/c1-18-7-9-19(10-8-18)17-30-24-6-4-3-5-20(24)15-21(16-26)25(28)27-22-11-13-23(29-2)14-12-22/h3-15H,17H2,1-2H3,(H,27,28)/b21-15+. The molecule has 5 nitrogen and oxygen atoms in total. The molecule has 1 N–H and O–H groups in total. The molecule has 0 heterocycles. The predicted octanol–water partition coefficient (Wildman–Crippen LogP) is 5.13. The summed E-state index contributed by atoms with van der Waals surface area (Å²) >= 11 is 0. The predicted molar refractivity (Wildman–Crippen MR) is 117 cm³/mol. The van der Waals surface area contributed by atoms with Crippen LogP contribution in [0, 0.1) is 18.3 Å². The summed E-state index contributed by atoms with van der Waals surface area (Å²) in [6.45, 7) is 2.43. The van der Waals surface area contributed by atoms with Crippen molar-refractivity contribution in [3.05, 3.63) is 95.1 Å². The number of rotatable bonds is 7. The molecule has 150 valence electrons. The summed E-state index contributed by atoms with van der Waals surface area (Å²) in [7, 11) is 1.57. The van der Waals surface area contributed by atoms with E-state index in [1.807, 2.05) is 61.5 Å². The highest BCUT2D eigenvalue weighted by molar-refractivity contribution is 6.09. The Bertz CT molecular complexity index is 1080. The van der Waals surface area contributed by atoms with Gasteiger partial charge in [0.05, 0.1) is 7.11 Å². The number of amides is 1. The van der Waals surface area contributed by atoms with E-state index in [2.05, 4.69) is 5.32 Å². The van der Waals surface area contributed by atoms with Crippen LogP contribution in [0.3, 0.4) is 0 Å². The molecule has 0 fully saturated rings. The van der Waals surface area contributed by atoms with E-state index in [4.69, 9.17) is 9.47 Å². The van der Waals surface area contributed by atoms with Gasteiger partial charge in [-0.05, 0) is 48.9 Å². The van der Waals surface area contributed by atoms with Gasteiger partial charge in [0.2, 0.25) is 0 Å². The SMILES string of the molecule is COc1ccc(NC(=O)/C(C#N)=C/c2ccccc2OCc2ccc(C)cc2)cc1. The van der Waals surface area contributed by atoms with Crippen molar-refractivity contribution in [1.82, 2.24) is 0 Å². The van der Waals surface area contributed by atoms with Gasteiger partial charge in [-0.1, -0.05) is 48.0 Å². The van der Waals surface area contributed by atoms with Crippen LogP contribution < -0.4 is 14.8 Å². The minimum atomic E-state index is -0.490. The number of anilines is 1. The highest BCUT2D eigenvalue weighted by Crippen LogP contribution is 2.23. The number of hydrogen-bond acceptors (Lipinski definition) is 4. The molecule has 0 unspecified atom stereocenters. The van der Waals surface area contributed by atoms with Crippen molar-refractivity contribution in [2.75, 3.05) is 12.4 Å². The Morgan fingerprint density at radius 1 is 1.03 bits per heavy atom. The number of carbonyl (C=O) groups excluding carboxylic acids is 1. The second-order valence-electron chi connectivity index (χ2n) is 6.66. The van der Waals surface area contributed by atoms with Crippen molar-refractivity contribution in [1.29, 1.82) is 5.26 Å². The maximum absolute atomic E-state index is 12.6. The topological polar surface area (TPSA) is 71.3 Å². The first-order valence-electron chi connectivity index (χ1n) is 9.43. The summed E-state index contributed by atoms with van der Waals surface area (Å²) in [5.74, 6) is 0.794. The van der Waals surface area contributed by atoms with Crippen molar-refractivity contribution in [3.8, 4) is 17.6 Å². The summed E-state index contributed by atoms with van der Waals surface area (Å²) in [4.78, 5) is 12.6. The zero-order valence-electron chi connectivity index (χ0n) is 16.9. The quantitative estimate of drug-likeness (QED) is 0.442. The van der Waals surface area contributed by atoms with Gasteiger partial charge in [-0.3, -0.25) is 4.79 Å². The number of nitrogens with one attached hydrogen (secondary N) is 1. The van der Waals surface area contributed by atoms with Gasteiger partial charge in [0.25, 0.3) is 5.91 Å². The van der Waals surface area contributed by atoms with E-state index in [9.17, 15) is 10.1 Å². The van der Waals surface area contributed by atoms with Gasteiger partial charge >= 0.3 is 0 Å². The van der Waals surface area contributed by atoms with E-state index in [1.54, 1.807) is 31.4 Å². The van der Waals surface area contributed by atoms with Gasteiger partial charge in [-0.25, -0.2) is 0 Å². The number of ether oxygens (including phenoxy) is 2. The van der Waals surface area contributed by atoms with Crippen molar-refractivity contribution in [2.45, 2.75) is 13.5 Å². The number of nitrogens with zero attached hydrogens (tertiary/aromatic N) is 1. The van der Waals surface area contributed by atoms with Crippen LogP contribution in [0.4, 0.5) is 5.69 Å². The van der Waals surface area contributed by atoms with Crippen LogP contribution in [0.15, 0.2) is 78.4 Å². The fourth-order valence-corrected chi connectivity index (χ4v) is 2.75. The van der Waals surface area contributed by atoms with Crippen molar-refractivity contribution in [2.24, 2.45) is 0 Å². The van der Waals surface area contributed by atoms with Crippen LogP contribution in [0.5, 0.6) is 11.5 Å². The van der Waals surface area contributed by atoms with E-state index in [-0.39, 0.29) is 5.57 Å². The average Bonchev–Trinajstić information content (AvgIpc) is 2.78. The molecule has 0 saturated heterocycles. The van der Waals surface area contributed by atoms with Crippen LogP contribution in [-0.4, -0.2) is 13.0 Å². The number of para-hydroxylation sites is 1. The third kappa shape index (κ3) is 5.49. The van der Waals surface area contributed by atoms with Crippen molar-refractivity contribution < 1.29 is 14.3 Å². The first-order valence-corrected chi connectivity index (χ1v) is 9.43. The number of hydrogen-bond donors (Lipinski definition) is 1. The molecule has 30 heavy (non-hydrogen) atoms. The number of aryl methyl sites for hydroxylation is 1. The van der Waals surface area contributed by atoms with E-state index >= 15 is 0 Å². The van der Waals surface area contributed by atoms with Crippen molar-refractivity contribution in [3.63, 3.8) is 0 Å². The summed E-state index contributed by atoms with van der Waals surface area (Å²) in [5, 5.41) is 12.2. The average molecular weight is 398 g/mol. The fraction of sp³-hybridized carbons (Fsp3) is 0.120. The van der Waals surface area contributed by atoms with E-state index in [0.717, 1.165) is 5.56 Å². The number of benzene rings is 3.